The summed E-state index contributed by atoms with van der Waals surface area (Å²) in [6.07, 6.45) is 7.35. The number of aryl methyl sites for hydroxylation is 2. The monoisotopic (exact) mass is 302 g/mol. The Morgan fingerprint density at radius 3 is 3.05 bits per heavy atom. The van der Waals surface area contributed by atoms with Gasteiger partial charge in [0.15, 0.2) is 0 Å². The lowest BCUT2D eigenvalue weighted by Gasteiger charge is -2.23. The minimum absolute atomic E-state index is 0.583. The minimum Gasteiger partial charge on any atom is -0.361 e. The molecule has 0 bridgehead atoms. The standard InChI is InChI=1S/C17H22N2OS/c1-12-8-9-17(21-12)15-6-4-10-19(15)11-14-13-5-2-3-7-16(13)20-18-14/h8-9,15H,2-7,10-11H2,1H3. The second kappa shape index (κ2) is 5.58. The number of thiophene rings is 1. The third kappa shape index (κ3) is 2.55. The predicted octanol–water partition coefficient (Wildman–Crippen LogP) is 4.26. The van der Waals surface area contributed by atoms with Gasteiger partial charge in [-0.2, -0.15) is 0 Å². The molecule has 1 aliphatic heterocycles. The van der Waals surface area contributed by atoms with Gasteiger partial charge in [-0.3, -0.25) is 4.90 Å². The summed E-state index contributed by atoms with van der Waals surface area (Å²) in [6.45, 7) is 4.34. The van der Waals surface area contributed by atoms with E-state index in [1.165, 1.54) is 53.2 Å². The van der Waals surface area contributed by atoms with Crippen LogP contribution in [0.5, 0.6) is 0 Å². The van der Waals surface area contributed by atoms with Crippen molar-refractivity contribution in [1.82, 2.24) is 10.1 Å². The molecule has 3 heterocycles. The normalized spacial score (nSPS) is 22.6. The first-order chi connectivity index (χ1) is 10.3. The number of fused-ring (bicyclic) bond motifs is 1. The molecule has 2 aliphatic rings. The SMILES string of the molecule is Cc1ccc(C2CCCN2Cc2noc3c2CCCC3)s1. The number of hydrogen-bond donors (Lipinski definition) is 0. The van der Waals surface area contributed by atoms with Crippen LogP contribution >= 0.6 is 11.3 Å². The summed E-state index contributed by atoms with van der Waals surface area (Å²) in [5.74, 6) is 1.15. The van der Waals surface area contributed by atoms with Gasteiger partial charge in [-0.15, -0.1) is 11.3 Å². The van der Waals surface area contributed by atoms with Gasteiger partial charge in [0.2, 0.25) is 0 Å². The van der Waals surface area contributed by atoms with Crippen molar-refractivity contribution >= 4 is 11.3 Å². The summed E-state index contributed by atoms with van der Waals surface area (Å²) in [5, 5.41) is 4.38. The highest BCUT2D eigenvalue weighted by Crippen LogP contribution is 2.37. The molecule has 0 saturated carbocycles. The summed E-state index contributed by atoms with van der Waals surface area (Å²) in [7, 11) is 0. The molecule has 0 radical (unpaired) electrons. The summed E-state index contributed by atoms with van der Waals surface area (Å²) < 4.78 is 5.57. The molecule has 21 heavy (non-hydrogen) atoms. The third-order valence-electron chi connectivity index (χ3n) is 4.84. The second-order valence-electron chi connectivity index (χ2n) is 6.32. The number of rotatable bonds is 3. The van der Waals surface area contributed by atoms with E-state index >= 15 is 0 Å². The lowest BCUT2D eigenvalue weighted by Crippen LogP contribution is -2.23. The van der Waals surface area contributed by atoms with Crippen molar-refractivity contribution in [2.45, 2.75) is 58.0 Å². The van der Waals surface area contributed by atoms with Crippen LogP contribution in [-0.4, -0.2) is 16.6 Å². The van der Waals surface area contributed by atoms with Gasteiger partial charge < -0.3 is 4.52 Å². The van der Waals surface area contributed by atoms with Gasteiger partial charge in [0.1, 0.15) is 11.5 Å². The average molecular weight is 302 g/mol. The molecule has 0 spiro atoms. The van der Waals surface area contributed by atoms with Gasteiger partial charge in [0.05, 0.1) is 0 Å². The topological polar surface area (TPSA) is 29.3 Å². The number of nitrogens with zero attached hydrogens (tertiary/aromatic N) is 2. The Morgan fingerprint density at radius 1 is 1.29 bits per heavy atom. The first-order valence-electron chi connectivity index (χ1n) is 8.08. The highest BCUT2D eigenvalue weighted by Gasteiger charge is 2.29. The van der Waals surface area contributed by atoms with Crippen molar-refractivity contribution in [1.29, 1.82) is 0 Å². The molecule has 112 valence electrons. The maximum absolute atomic E-state index is 5.57. The van der Waals surface area contributed by atoms with Gasteiger partial charge >= 0.3 is 0 Å². The Hall–Kier alpha value is -1.13. The van der Waals surface area contributed by atoms with E-state index in [0.29, 0.717) is 6.04 Å². The Balaban J connectivity index is 1.54. The largest absolute Gasteiger partial charge is 0.361 e. The van der Waals surface area contributed by atoms with Crippen molar-refractivity contribution < 1.29 is 4.52 Å². The Labute approximate surface area is 129 Å². The molecule has 3 nitrogen and oxygen atoms in total. The van der Waals surface area contributed by atoms with E-state index in [4.69, 9.17) is 4.52 Å². The van der Waals surface area contributed by atoms with Crippen molar-refractivity contribution in [3.05, 3.63) is 38.9 Å². The summed E-state index contributed by atoms with van der Waals surface area (Å²) in [4.78, 5) is 5.52. The first-order valence-corrected chi connectivity index (χ1v) is 8.89. The molecule has 2 aromatic heterocycles. The van der Waals surface area contributed by atoms with Gasteiger partial charge in [-0.25, -0.2) is 0 Å². The Bertz CT molecular complexity index is 631. The molecule has 1 unspecified atom stereocenters. The fourth-order valence-electron chi connectivity index (χ4n) is 3.74. The Morgan fingerprint density at radius 2 is 2.19 bits per heavy atom. The van der Waals surface area contributed by atoms with Crippen LogP contribution in [0.1, 0.15) is 58.5 Å². The van der Waals surface area contributed by atoms with Crippen LogP contribution in [0.25, 0.3) is 0 Å². The van der Waals surface area contributed by atoms with Crippen molar-refractivity contribution in [2.75, 3.05) is 6.54 Å². The van der Waals surface area contributed by atoms with Gasteiger partial charge in [-0.05, 0) is 57.7 Å². The van der Waals surface area contributed by atoms with Crippen LogP contribution in [0.4, 0.5) is 0 Å². The molecule has 0 amide bonds. The average Bonchev–Trinajstić information content (AvgIpc) is 3.20. The van der Waals surface area contributed by atoms with Gasteiger partial charge in [-0.1, -0.05) is 5.16 Å². The van der Waals surface area contributed by atoms with E-state index in [9.17, 15) is 0 Å². The van der Waals surface area contributed by atoms with Crippen LogP contribution in [0.2, 0.25) is 0 Å². The maximum Gasteiger partial charge on any atom is 0.140 e. The fraction of sp³-hybridized carbons (Fsp3) is 0.588. The van der Waals surface area contributed by atoms with E-state index in [-0.39, 0.29) is 0 Å². The smallest absolute Gasteiger partial charge is 0.140 e. The minimum atomic E-state index is 0.583. The fourth-order valence-corrected chi connectivity index (χ4v) is 4.78. The second-order valence-corrected chi connectivity index (χ2v) is 7.63. The zero-order valence-corrected chi connectivity index (χ0v) is 13.4. The van der Waals surface area contributed by atoms with E-state index in [1.807, 2.05) is 11.3 Å². The predicted molar refractivity (Wildman–Crippen MR) is 84.6 cm³/mol. The molecule has 1 saturated heterocycles. The number of aromatic nitrogens is 1. The molecule has 1 atom stereocenters. The molecule has 4 rings (SSSR count). The molecule has 4 heteroatoms. The lowest BCUT2D eigenvalue weighted by molar-refractivity contribution is 0.242. The quantitative estimate of drug-likeness (QED) is 0.848. The summed E-state index contributed by atoms with van der Waals surface area (Å²) >= 11 is 1.94. The zero-order chi connectivity index (χ0) is 14.2. The molecule has 1 aliphatic carbocycles. The zero-order valence-electron chi connectivity index (χ0n) is 12.6. The lowest BCUT2D eigenvalue weighted by atomic mass is 9.96. The van der Waals surface area contributed by atoms with E-state index < -0.39 is 0 Å². The molecule has 2 aromatic rings. The molecular formula is C17H22N2OS. The van der Waals surface area contributed by atoms with Crippen LogP contribution in [-0.2, 0) is 19.4 Å². The van der Waals surface area contributed by atoms with Crippen LogP contribution in [0, 0.1) is 6.92 Å². The first kappa shape index (κ1) is 13.5. The van der Waals surface area contributed by atoms with Crippen LogP contribution < -0.4 is 0 Å². The van der Waals surface area contributed by atoms with Gasteiger partial charge in [0.25, 0.3) is 0 Å². The van der Waals surface area contributed by atoms with Crippen LogP contribution in [0.15, 0.2) is 16.7 Å². The molecule has 0 N–H and O–H groups in total. The maximum atomic E-state index is 5.57. The van der Waals surface area contributed by atoms with Crippen molar-refractivity contribution in [3.63, 3.8) is 0 Å². The summed E-state index contributed by atoms with van der Waals surface area (Å²) in [6, 6.07) is 5.13. The van der Waals surface area contributed by atoms with Crippen molar-refractivity contribution in [2.24, 2.45) is 0 Å². The Kier molecular flexibility index (Phi) is 3.59. The highest BCUT2D eigenvalue weighted by atomic mass is 32.1. The highest BCUT2D eigenvalue weighted by molar-refractivity contribution is 7.12. The van der Waals surface area contributed by atoms with E-state index in [0.717, 1.165) is 25.1 Å². The van der Waals surface area contributed by atoms with Crippen LogP contribution in [0.3, 0.4) is 0 Å². The van der Waals surface area contributed by atoms with Gasteiger partial charge in [0, 0.05) is 34.3 Å². The molecular weight excluding hydrogens is 280 g/mol. The van der Waals surface area contributed by atoms with E-state index in [1.54, 1.807) is 0 Å². The van der Waals surface area contributed by atoms with Crippen molar-refractivity contribution in [3.8, 4) is 0 Å². The molecule has 1 fully saturated rings. The van der Waals surface area contributed by atoms with E-state index in [2.05, 4.69) is 29.1 Å². The third-order valence-corrected chi connectivity index (χ3v) is 5.94. The number of likely N-dealkylation sites (tertiary alicyclic amines) is 1. The number of hydrogen-bond acceptors (Lipinski definition) is 4. The molecule has 0 aromatic carbocycles. The summed E-state index contributed by atoms with van der Waals surface area (Å²) in [5.41, 5.74) is 2.61.